The van der Waals surface area contributed by atoms with Crippen molar-refractivity contribution in [2.24, 2.45) is 0 Å². The van der Waals surface area contributed by atoms with Crippen molar-refractivity contribution < 1.29 is 19.0 Å². The van der Waals surface area contributed by atoms with Crippen molar-refractivity contribution in [3.05, 3.63) is 126 Å². The molecular formula is C35H31N5O4S. The summed E-state index contributed by atoms with van der Waals surface area (Å²) in [4.78, 5) is 19.4. The van der Waals surface area contributed by atoms with Crippen LogP contribution in [-0.2, 0) is 4.79 Å². The molecule has 0 unspecified atom stereocenters. The number of nitrogens with one attached hydrogen (secondary N) is 2. The largest absolute Gasteiger partial charge is 0.484 e. The van der Waals surface area contributed by atoms with Gasteiger partial charge in [0.2, 0.25) is 6.79 Å². The second-order valence-corrected chi connectivity index (χ2v) is 11.3. The number of benzene rings is 3. The third-order valence-electron chi connectivity index (χ3n) is 8.04. The van der Waals surface area contributed by atoms with Crippen LogP contribution in [0.5, 0.6) is 17.2 Å². The van der Waals surface area contributed by atoms with Crippen molar-refractivity contribution in [3.8, 4) is 22.9 Å². The number of rotatable bonds is 8. The van der Waals surface area contributed by atoms with Crippen LogP contribution in [0, 0.1) is 13.8 Å². The van der Waals surface area contributed by atoms with Crippen molar-refractivity contribution in [1.82, 2.24) is 14.9 Å². The lowest BCUT2D eigenvalue weighted by Gasteiger charge is -2.28. The average molecular weight is 618 g/mol. The lowest BCUT2D eigenvalue weighted by Crippen LogP contribution is -2.29. The van der Waals surface area contributed by atoms with Gasteiger partial charge < -0.3 is 34.3 Å². The highest BCUT2D eigenvalue weighted by Gasteiger charge is 2.42. The highest BCUT2D eigenvalue weighted by atomic mass is 32.1. The number of fused-ring (bicyclic) bond motifs is 1. The Balaban J connectivity index is 1.19. The molecule has 1 amide bonds. The van der Waals surface area contributed by atoms with E-state index in [4.69, 9.17) is 31.4 Å². The highest BCUT2D eigenvalue weighted by molar-refractivity contribution is 7.80. The fraction of sp³-hybridized carbons (Fsp3) is 0.171. The Morgan fingerprint density at radius 3 is 2.49 bits per heavy atom. The van der Waals surface area contributed by atoms with E-state index in [0.29, 0.717) is 16.5 Å². The third-order valence-corrected chi connectivity index (χ3v) is 8.36. The fourth-order valence-electron chi connectivity index (χ4n) is 6.03. The summed E-state index contributed by atoms with van der Waals surface area (Å²) in [6.45, 7) is 4.36. The van der Waals surface area contributed by atoms with Crippen molar-refractivity contribution in [1.29, 1.82) is 0 Å². The zero-order chi connectivity index (χ0) is 30.9. The van der Waals surface area contributed by atoms with Crippen LogP contribution in [0.2, 0.25) is 0 Å². The minimum Gasteiger partial charge on any atom is -0.484 e. The van der Waals surface area contributed by atoms with E-state index in [9.17, 15) is 4.79 Å². The van der Waals surface area contributed by atoms with Crippen LogP contribution in [0.15, 0.2) is 103 Å². The zero-order valence-corrected chi connectivity index (χ0v) is 25.6. The smallest absolute Gasteiger partial charge is 0.262 e. The number of aromatic nitrogens is 2. The summed E-state index contributed by atoms with van der Waals surface area (Å²) in [5.41, 5.74) is 6.71. The molecule has 1 saturated heterocycles. The molecule has 0 bridgehead atoms. The number of hydrogen-bond donors (Lipinski definition) is 2. The van der Waals surface area contributed by atoms with E-state index < -0.39 is 0 Å². The monoisotopic (exact) mass is 617 g/mol. The molecule has 2 aliphatic heterocycles. The maximum absolute atomic E-state index is 12.6. The van der Waals surface area contributed by atoms with Crippen LogP contribution in [0.1, 0.15) is 34.7 Å². The molecule has 10 heteroatoms. The van der Waals surface area contributed by atoms with E-state index in [1.807, 2.05) is 91.0 Å². The van der Waals surface area contributed by atoms with Crippen molar-refractivity contribution in [2.75, 3.05) is 23.6 Å². The summed E-state index contributed by atoms with van der Waals surface area (Å²) in [5.74, 6) is 1.88. The molecule has 2 aromatic heterocycles. The standard InChI is InChI=1S/C35H31N5O4S/c1-22-18-28(23(2)39(22)26-15-16-30-31(19-26)44-21-43-30)34-33(29-10-6-7-17-36-29)38-35(45)40(34)25-13-11-24(12-14-25)37-32(41)20-42-27-8-4-3-5-9-27/h3-19,33-34H,20-21H2,1-2H3,(H,37,41)(H,38,45)/t33-,34+/m1/s1. The first kappa shape index (κ1) is 28.4. The Labute approximate surface area is 266 Å². The summed E-state index contributed by atoms with van der Waals surface area (Å²) in [7, 11) is 0. The number of para-hydroxylation sites is 1. The van der Waals surface area contributed by atoms with Gasteiger partial charge in [0.25, 0.3) is 5.91 Å². The summed E-state index contributed by atoms with van der Waals surface area (Å²) in [5, 5.41) is 7.04. The molecule has 0 spiro atoms. The molecule has 3 aromatic carbocycles. The summed E-state index contributed by atoms with van der Waals surface area (Å²) < 4.78 is 19.0. The van der Waals surface area contributed by atoms with Gasteiger partial charge in [0.1, 0.15) is 5.75 Å². The number of ether oxygens (including phenoxy) is 3. The molecule has 2 aliphatic rings. The maximum Gasteiger partial charge on any atom is 0.262 e. The van der Waals surface area contributed by atoms with Gasteiger partial charge in [-0.15, -0.1) is 0 Å². The molecular weight excluding hydrogens is 586 g/mol. The number of hydrogen-bond acceptors (Lipinski definition) is 6. The first-order valence-corrected chi connectivity index (χ1v) is 15.0. The molecule has 0 saturated carbocycles. The Bertz CT molecular complexity index is 1860. The topological polar surface area (TPSA) is 89.9 Å². The van der Waals surface area contributed by atoms with Gasteiger partial charge in [0.05, 0.1) is 17.8 Å². The van der Waals surface area contributed by atoms with Gasteiger partial charge in [0, 0.05) is 40.7 Å². The minimum atomic E-state index is -0.242. The van der Waals surface area contributed by atoms with Gasteiger partial charge in [-0.25, -0.2) is 0 Å². The number of carbonyl (C=O) groups is 1. The Morgan fingerprint density at radius 1 is 0.956 bits per heavy atom. The van der Waals surface area contributed by atoms with Gasteiger partial charge in [-0.1, -0.05) is 24.3 Å². The van der Waals surface area contributed by atoms with Gasteiger partial charge in [-0.05, 0) is 98.4 Å². The van der Waals surface area contributed by atoms with Crippen LogP contribution in [-0.4, -0.2) is 34.0 Å². The van der Waals surface area contributed by atoms with Crippen molar-refractivity contribution >= 4 is 34.6 Å². The van der Waals surface area contributed by atoms with E-state index >= 15 is 0 Å². The molecule has 2 atom stereocenters. The third kappa shape index (κ3) is 5.56. The molecule has 0 radical (unpaired) electrons. The summed E-state index contributed by atoms with van der Waals surface area (Å²) >= 11 is 5.95. The number of thiocarbonyl (C=S) groups is 1. The number of anilines is 2. The summed E-state index contributed by atoms with van der Waals surface area (Å²) in [6, 6.07) is 30.7. The Kier molecular flexibility index (Phi) is 7.56. The van der Waals surface area contributed by atoms with E-state index in [1.54, 1.807) is 6.20 Å². The molecule has 0 aliphatic carbocycles. The van der Waals surface area contributed by atoms with Crippen LogP contribution in [0.25, 0.3) is 5.69 Å². The fourth-order valence-corrected chi connectivity index (χ4v) is 6.37. The normalized spacial score (nSPS) is 16.8. The quantitative estimate of drug-likeness (QED) is 0.193. The first-order valence-electron chi connectivity index (χ1n) is 14.6. The number of aryl methyl sites for hydroxylation is 1. The van der Waals surface area contributed by atoms with Gasteiger partial charge in [-0.3, -0.25) is 9.78 Å². The Hall–Kier alpha value is -5.35. The van der Waals surface area contributed by atoms with Crippen LogP contribution in [0.3, 0.4) is 0 Å². The molecule has 1 fully saturated rings. The Morgan fingerprint density at radius 2 is 1.71 bits per heavy atom. The second-order valence-electron chi connectivity index (χ2n) is 10.9. The molecule has 9 nitrogen and oxygen atoms in total. The molecule has 7 rings (SSSR count). The van der Waals surface area contributed by atoms with E-state index in [0.717, 1.165) is 45.5 Å². The van der Waals surface area contributed by atoms with E-state index in [-0.39, 0.29) is 31.4 Å². The predicted molar refractivity (Wildman–Crippen MR) is 176 cm³/mol. The molecule has 2 N–H and O–H groups in total. The van der Waals surface area contributed by atoms with Crippen molar-refractivity contribution in [3.63, 3.8) is 0 Å². The van der Waals surface area contributed by atoms with Crippen LogP contribution >= 0.6 is 12.2 Å². The second kappa shape index (κ2) is 12.0. The minimum absolute atomic E-state index is 0.0846. The predicted octanol–water partition coefficient (Wildman–Crippen LogP) is 6.41. The lowest BCUT2D eigenvalue weighted by atomic mass is 9.96. The lowest BCUT2D eigenvalue weighted by molar-refractivity contribution is -0.118. The number of carbonyl (C=O) groups excluding carboxylic acids is 1. The molecule has 5 aromatic rings. The molecule has 4 heterocycles. The number of nitrogens with zero attached hydrogens (tertiary/aromatic N) is 3. The molecule has 226 valence electrons. The SMILES string of the molecule is Cc1cc([C@H]2[C@@H](c3ccccn3)NC(=S)N2c2ccc(NC(=O)COc3ccccc3)cc2)c(C)n1-c1ccc2c(c1)OCO2. The van der Waals surface area contributed by atoms with Crippen LogP contribution in [0.4, 0.5) is 11.4 Å². The first-order chi connectivity index (χ1) is 22.0. The van der Waals surface area contributed by atoms with E-state index in [1.165, 1.54) is 0 Å². The van der Waals surface area contributed by atoms with Gasteiger partial charge in [-0.2, -0.15) is 0 Å². The van der Waals surface area contributed by atoms with E-state index in [2.05, 4.69) is 40.0 Å². The zero-order valence-electron chi connectivity index (χ0n) is 24.8. The number of pyridine rings is 1. The van der Waals surface area contributed by atoms with Gasteiger partial charge >= 0.3 is 0 Å². The highest BCUT2D eigenvalue weighted by Crippen LogP contribution is 2.44. The van der Waals surface area contributed by atoms with Crippen molar-refractivity contribution in [2.45, 2.75) is 25.9 Å². The number of amides is 1. The van der Waals surface area contributed by atoms with Gasteiger partial charge in [0.15, 0.2) is 23.2 Å². The molecule has 45 heavy (non-hydrogen) atoms. The summed E-state index contributed by atoms with van der Waals surface area (Å²) in [6.07, 6.45) is 1.80. The van der Waals surface area contributed by atoms with Crippen LogP contribution < -0.4 is 29.7 Å². The maximum atomic E-state index is 12.6. The average Bonchev–Trinajstić information content (AvgIpc) is 3.75.